The van der Waals surface area contributed by atoms with E-state index < -0.39 is 10.0 Å². The highest BCUT2D eigenvalue weighted by Gasteiger charge is 2.12. The molecule has 0 unspecified atom stereocenters. The Balaban J connectivity index is 2.10. The molecule has 1 heterocycles. The molecular formula is C13H16N4O2S. The molecule has 0 aliphatic carbocycles. The molecular weight excluding hydrogens is 276 g/mol. The molecule has 2 rings (SSSR count). The normalized spacial score (nSPS) is 11.2. The van der Waals surface area contributed by atoms with Gasteiger partial charge in [-0.05, 0) is 30.3 Å². The van der Waals surface area contributed by atoms with Crippen molar-refractivity contribution in [2.75, 3.05) is 11.8 Å². The molecule has 0 saturated heterocycles. The standard InChI is InChI=1S/C13H16N4O2S/c1-14-9-11-4-2-5-12(8-11)10-20(18,19)17-13-6-3-7-15-16-13/h2-8,14H,9-10H2,1H3,(H,16,17). The molecule has 7 heteroatoms. The van der Waals surface area contributed by atoms with E-state index in [1.165, 1.54) is 6.20 Å². The molecule has 106 valence electrons. The van der Waals surface area contributed by atoms with E-state index in [1.54, 1.807) is 18.2 Å². The molecule has 1 aromatic heterocycles. The summed E-state index contributed by atoms with van der Waals surface area (Å²) in [6, 6.07) is 10.6. The summed E-state index contributed by atoms with van der Waals surface area (Å²) in [5.74, 6) is 0.125. The predicted molar refractivity (Wildman–Crippen MR) is 77.5 cm³/mol. The van der Waals surface area contributed by atoms with Gasteiger partial charge in [-0.25, -0.2) is 8.42 Å². The van der Waals surface area contributed by atoms with Crippen molar-refractivity contribution < 1.29 is 8.42 Å². The molecule has 0 spiro atoms. The largest absolute Gasteiger partial charge is 0.316 e. The third-order valence-corrected chi connectivity index (χ3v) is 3.79. The summed E-state index contributed by atoms with van der Waals surface area (Å²) in [7, 11) is -1.65. The number of benzene rings is 1. The Hall–Kier alpha value is -1.99. The Morgan fingerprint density at radius 2 is 1.95 bits per heavy atom. The fourth-order valence-corrected chi connectivity index (χ4v) is 2.92. The molecule has 6 nitrogen and oxygen atoms in total. The summed E-state index contributed by atoms with van der Waals surface area (Å²) in [5, 5.41) is 10.4. The van der Waals surface area contributed by atoms with Gasteiger partial charge in [-0.1, -0.05) is 24.3 Å². The minimum Gasteiger partial charge on any atom is -0.316 e. The van der Waals surface area contributed by atoms with Crippen molar-refractivity contribution in [2.24, 2.45) is 0 Å². The summed E-state index contributed by atoms with van der Waals surface area (Å²) in [5.41, 5.74) is 1.77. The zero-order valence-corrected chi connectivity index (χ0v) is 11.9. The van der Waals surface area contributed by atoms with Crippen LogP contribution in [-0.2, 0) is 22.3 Å². The molecule has 0 bridgehead atoms. The van der Waals surface area contributed by atoms with E-state index in [4.69, 9.17) is 0 Å². The van der Waals surface area contributed by atoms with Gasteiger partial charge < -0.3 is 5.32 Å². The first-order chi connectivity index (χ1) is 9.59. The first-order valence-electron chi connectivity index (χ1n) is 6.10. The van der Waals surface area contributed by atoms with Gasteiger partial charge in [0.2, 0.25) is 10.0 Å². The molecule has 0 radical (unpaired) electrons. The third kappa shape index (κ3) is 4.29. The van der Waals surface area contributed by atoms with Crippen LogP contribution in [0.5, 0.6) is 0 Å². The lowest BCUT2D eigenvalue weighted by Crippen LogP contribution is -2.16. The minimum absolute atomic E-state index is 0.0961. The Morgan fingerprint density at radius 1 is 1.15 bits per heavy atom. The monoisotopic (exact) mass is 292 g/mol. The number of sulfonamides is 1. The SMILES string of the molecule is CNCc1cccc(CS(=O)(=O)Nc2cccnn2)c1. The Morgan fingerprint density at radius 3 is 2.65 bits per heavy atom. The number of rotatable bonds is 6. The fourth-order valence-electron chi connectivity index (χ4n) is 1.80. The van der Waals surface area contributed by atoms with E-state index in [2.05, 4.69) is 20.2 Å². The van der Waals surface area contributed by atoms with Gasteiger partial charge in [0.05, 0.1) is 5.75 Å². The average Bonchev–Trinajstić information content (AvgIpc) is 2.39. The second kappa shape index (κ2) is 6.44. The lowest BCUT2D eigenvalue weighted by molar-refractivity contribution is 0.600. The Bertz CT molecular complexity index is 659. The molecule has 0 aliphatic heterocycles. The maximum Gasteiger partial charge on any atom is 0.238 e. The van der Waals surface area contributed by atoms with Gasteiger partial charge in [-0.2, -0.15) is 5.10 Å². The number of hydrogen-bond acceptors (Lipinski definition) is 5. The van der Waals surface area contributed by atoms with Crippen LogP contribution in [0.15, 0.2) is 42.6 Å². The predicted octanol–water partition coefficient (Wildman–Crippen LogP) is 1.14. The zero-order valence-electron chi connectivity index (χ0n) is 11.1. The van der Waals surface area contributed by atoms with Crippen LogP contribution in [0.1, 0.15) is 11.1 Å². The third-order valence-electron chi connectivity index (χ3n) is 2.56. The highest BCUT2D eigenvalue weighted by molar-refractivity contribution is 7.91. The molecule has 2 aromatic rings. The van der Waals surface area contributed by atoms with Gasteiger partial charge >= 0.3 is 0 Å². The molecule has 0 saturated carbocycles. The lowest BCUT2D eigenvalue weighted by atomic mass is 10.1. The van der Waals surface area contributed by atoms with Crippen LogP contribution >= 0.6 is 0 Å². The molecule has 0 fully saturated rings. The summed E-state index contributed by atoms with van der Waals surface area (Å²) in [4.78, 5) is 0. The molecule has 2 N–H and O–H groups in total. The van der Waals surface area contributed by atoms with Crippen LogP contribution in [0.4, 0.5) is 5.82 Å². The van der Waals surface area contributed by atoms with E-state index in [0.29, 0.717) is 6.54 Å². The smallest absolute Gasteiger partial charge is 0.238 e. The number of nitrogens with one attached hydrogen (secondary N) is 2. The van der Waals surface area contributed by atoms with Crippen LogP contribution in [0.25, 0.3) is 0 Å². The second-order valence-electron chi connectivity index (χ2n) is 4.32. The number of nitrogens with zero attached hydrogens (tertiary/aromatic N) is 2. The first-order valence-corrected chi connectivity index (χ1v) is 7.75. The van der Waals surface area contributed by atoms with Crippen molar-refractivity contribution in [2.45, 2.75) is 12.3 Å². The topological polar surface area (TPSA) is 84.0 Å². The van der Waals surface area contributed by atoms with Crippen molar-refractivity contribution in [3.05, 3.63) is 53.7 Å². The molecule has 0 atom stereocenters. The van der Waals surface area contributed by atoms with Crippen molar-refractivity contribution >= 4 is 15.8 Å². The highest BCUT2D eigenvalue weighted by atomic mass is 32.2. The summed E-state index contributed by atoms with van der Waals surface area (Å²) in [6.45, 7) is 0.700. The molecule has 1 aromatic carbocycles. The number of hydrogen-bond donors (Lipinski definition) is 2. The van der Waals surface area contributed by atoms with Gasteiger partial charge in [-0.3, -0.25) is 4.72 Å². The van der Waals surface area contributed by atoms with E-state index in [0.717, 1.165) is 11.1 Å². The van der Waals surface area contributed by atoms with E-state index in [1.807, 2.05) is 25.2 Å². The van der Waals surface area contributed by atoms with Crippen LogP contribution in [-0.4, -0.2) is 25.7 Å². The Kier molecular flexibility index (Phi) is 4.65. The van der Waals surface area contributed by atoms with Crippen molar-refractivity contribution in [3.8, 4) is 0 Å². The van der Waals surface area contributed by atoms with Crippen LogP contribution in [0, 0.1) is 0 Å². The summed E-state index contributed by atoms with van der Waals surface area (Å²) >= 11 is 0. The van der Waals surface area contributed by atoms with E-state index in [9.17, 15) is 8.42 Å². The highest BCUT2D eigenvalue weighted by Crippen LogP contribution is 2.11. The quantitative estimate of drug-likeness (QED) is 0.834. The summed E-state index contributed by atoms with van der Waals surface area (Å²) in [6.07, 6.45) is 1.49. The number of aromatic nitrogens is 2. The minimum atomic E-state index is -3.49. The van der Waals surface area contributed by atoms with Crippen molar-refractivity contribution in [1.29, 1.82) is 0 Å². The maximum atomic E-state index is 12.0. The molecule has 20 heavy (non-hydrogen) atoms. The van der Waals surface area contributed by atoms with Crippen molar-refractivity contribution in [3.63, 3.8) is 0 Å². The van der Waals surface area contributed by atoms with Gasteiger partial charge in [0.1, 0.15) is 0 Å². The van der Waals surface area contributed by atoms with Gasteiger partial charge in [-0.15, -0.1) is 5.10 Å². The first kappa shape index (κ1) is 14.4. The fraction of sp³-hybridized carbons (Fsp3) is 0.231. The van der Waals surface area contributed by atoms with Gasteiger partial charge in [0, 0.05) is 12.7 Å². The van der Waals surface area contributed by atoms with Gasteiger partial charge in [0.15, 0.2) is 5.82 Å². The number of anilines is 1. The Labute approximate surface area is 118 Å². The summed E-state index contributed by atoms with van der Waals surface area (Å²) < 4.78 is 26.5. The maximum absolute atomic E-state index is 12.0. The van der Waals surface area contributed by atoms with E-state index in [-0.39, 0.29) is 11.6 Å². The average molecular weight is 292 g/mol. The van der Waals surface area contributed by atoms with Gasteiger partial charge in [0.25, 0.3) is 0 Å². The molecule has 0 amide bonds. The second-order valence-corrected chi connectivity index (χ2v) is 6.04. The molecule has 0 aliphatic rings. The lowest BCUT2D eigenvalue weighted by Gasteiger charge is -2.08. The van der Waals surface area contributed by atoms with E-state index >= 15 is 0 Å². The van der Waals surface area contributed by atoms with Crippen LogP contribution in [0.2, 0.25) is 0 Å². The van der Waals surface area contributed by atoms with Crippen LogP contribution in [0.3, 0.4) is 0 Å². The zero-order chi connectivity index (χ0) is 14.4. The van der Waals surface area contributed by atoms with Crippen molar-refractivity contribution in [1.82, 2.24) is 15.5 Å². The van der Waals surface area contributed by atoms with Crippen LogP contribution < -0.4 is 10.0 Å².